The Bertz CT molecular complexity index is 798. The fourth-order valence-corrected chi connectivity index (χ4v) is 3.90. The van der Waals surface area contributed by atoms with Crippen molar-refractivity contribution < 1.29 is 9.59 Å². The van der Waals surface area contributed by atoms with E-state index < -0.39 is 0 Å². The van der Waals surface area contributed by atoms with Crippen molar-refractivity contribution in [1.82, 2.24) is 0 Å². The molecule has 3 rings (SSSR count). The fourth-order valence-electron chi connectivity index (χ4n) is 3.21. The Morgan fingerprint density at radius 3 is 2.14 bits per heavy atom. The lowest BCUT2D eigenvalue weighted by atomic mass is 9.99. The van der Waals surface area contributed by atoms with Crippen molar-refractivity contribution in [3.63, 3.8) is 0 Å². The van der Waals surface area contributed by atoms with Gasteiger partial charge in [0.2, 0.25) is 11.8 Å². The van der Waals surface area contributed by atoms with Crippen molar-refractivity contribution in [1.29, 1.82) is 0 Å². The van der Waals surface area contributed by atoms with Crippen LogP contribution >= 0.6 is 11.8 Å². The molecule has 2 aromatic rings. The van der Waals surface area contributed by atoms with Gasteiger partial charge < -0.3 is 15.5 Å². The monoisotopic (exact) mass is 397 g/mol. The summed E-state index contributed by atoms with van der Waals surface area (Å²) < 4.78 is 0. The molecule has 2 aromatic carbocycles. The largest absolute Gasteiger partial charge is 0.372 e. The van der Waals surface area contributed by atoms with Crippen LogP contribution < -0.4 is 15.5 Å². The van der Waals surface area contributed by atoms with E-state index in [1.807, 2.05) is 36.4 Å². The van der Waals surface area contributed by atoms with Crippen LogP contribution in [0.2, 0.25) is 0 Å². The molecule has 2 N–H and O–H groups in total. The van der Waals surface area contributed by atoms with Crippen LogP contribution in [0.1, 0.15) is 26.7 Å². The van der Waals surface area contributed by atoms with Gasteiger partial charge in [0.05, 0.1) is 5.75 Å². The third kappa shape index (κ3) is 6.02. The van der Waals surface area contributed by atoms with E-state index in [1.54, 1.807) is 0 Å². The molecule has 0 saturated carbocycles. The van der Waals surface area contributed by atoms with Crippen LogP contribution in [0.25, 0.3) is 0 Å². The summed E-state index contributed by atoms with van der Waals surface area (Å²) in [5.74, 6) is 1.02. The molecule has 1 heterocycles. The van der Waals surface area contributed by atoms with Crippen LogP contribution in [0, 0.1) is 5.92 Å². The number of hydrogen-bond donors (Lipinski definition) is 2. The van der Waals surface area contributed by atoms with Gasteiger partial charge in [0, 0.05) is 42.0 Å². The van der Waals surface area contributed by atoms with Gasteiger partial charge in [-0.2, -0.15) is 0 Å². The molecule has 0 aliphatic carbocycles. The van der Waals surface area contributed by atoms with Crippen LogP contribution in [0.4, 0.5) is 17.1 Å². The summed E-state index contributed by atoms with van der Waals surface area (Å²) in [7, 11) is 0. The molecule has 0 radical (unpaired) electrons. The Morgan fingerprint density at radius 2 is 1.54 bits per heavy atom. The van der Waals surface area contributed by atoms with E-state index >= 15 is 0 Å². The first-order valence-electron chi connectivity index (χ1n) is 9.65. The molecule has 1 aliphatic heterocycles. The van der Waals surface area contributed by atoms with Crippen molar-refractivity contribution in [3.8, 4) is 0 Å². The highest BCUT2D eigenvalue weighted by Gasteiger charge is 2.15. The maximum absolute atomic E-state index is 12.2. The number of carbonyl (C=O) groups is 2. The van der Waals surface area contributed by atoms with Gasteiger partial charge in [-0.05, 0) is 67.3 Å². The smallest absolute Gasteiger partial charge is 0.234 e. The molecule has 0 spiro atoms. The number of benzene rings is 2. The molecule has 0 aromatic heterocycles. The summed E-state index contributed by atoms with van der Waals surface area (Å²) in [5.41, 5.74) is 2.80. The summed E-state index contributed by atoms with van der Waals surface area (Å²) in [6.07, 6.45) is 2.48. The van der Waals surface area contributed by atoms with Crippen LogP contribution in [0.5, 0.6) is 0 Å². The van der Waals surface area contributed by atoms with E-state index in [9.17, 15) is 9.59 Å². The summed E-state index contributed by atoms with van der Waals surface area (Å²) in [5, 5.41) is 5.68. The van der Waals surface area contributed by atoms with E-state index in [2.05, 4.69) is 34.6 Å². The Kier molecular flexibility index (Phi) is 6.98. The van der Waals surface area contributed by atoms with Crippen molar-refractivity contribution in [2.45, 2.75) is 31.6 Å². The minimum Gasteiger partial charge on any atom is -0.372 e. The van der Waals surface area contributed by atoms with E-state index in [-0.39, 0.29) is 11.8 Å². The van der Waals surface area contributed by atoms with E-state index in [4.69, 9.17) is 0 Å². The maximum Gasteiger partial charge on any atom is 0.234 e. The van der Waals surface area contributed by atoms with Crippen molar-refractivity contribution in [2.75, 3.05) is 34.4 Å². The lowest BCUT2D eigenvalue weighted by Gasteiger charge is -2.32. The third-order valence-corrected chi connectivity index (χ3v) is 5.86. The maximum atomic E-state index is 12.2. The molecule has 1 saturated heterocycles. The second-order valence-electron chi connectivity index (χ2n) is 7.26. The first-order chi connectivity index (χ1) is 13.5. The quantitative estimate of drug-likeness (QED) is 0.699. The lowest BCUT2D eigenvalue weighted by Crippen LogP contribution is -2.32. The minimum atomic E-state index is -0.0966. The van der Waals surface area contributed by atoms with Gasteiger partial charge in [0.15, 0.2) is 0 Å². The molecule has 0 unspecified atom stereocenters. The van der Waals surface area contributed by atoms with Crippen molar-refractivity contribution >= 4 is 40.6 Å². The number of nitrogens with zero attached hydrogens (tertiary/aromatic N) is 1. The van der Waals surface area contributed by atoms with Crippen LogP contribution in [-0.2, 0) is 9.59 Å². The van der Waals surface area contributed by atoms with Crippen LogP contribution in [0.15, 0.2) is 53.4 Å². The van der Waals surface area contributed by atoms with Gasteiger partial charge in [-0.25, -0.2) is 0 Å². The zero-order valence-electron chi connectivity index (χ0n) is 16.4. The van der Waals surface area contributed by atoms with Gasteiger partial charge in [-0.1, -0.05) is 6.92 Å². The molecular weight excluding hydrogens is 370 g/mol. The number of anilines is 3. The summed E-state index contributed by atoms with van der Waals surface area (Å²) in [4.78, 5) is 26.7. The van der Waals surface area contributed by atoms with Gasteiger partial charge in [0.25, 0.3) is 0 Å². The van der Waals surface area contributed by atoms with E-state index in [0.29, 0.717) is 5.75 Å². The zero-order chi connectivity index (χ0) is 19.9. The number of nitrogens with one attached hydrogen (secondary N) is 2. The first-order valence-corrected chi connectivity index (χ1v) is 10.6. The van der Waals surface area contributed by atoms with Crippen LogP contribution in [-0.4, -0.2) is 30.7 Å². The molecule has 28 heavy (non-hydrogen) atoms. The Morgan fingerprint density at radius 1 is 0.964 bits per heavy atom. The summed E-state index contributed by atoms with van der Waals surface area (Å²) in [6.45, 7) is 5.99. The highest BCUT2D eigenvalue weighted by atomic mass is 32.2. The third-order valence-electron chi connectivity index (χ3n) is 4.84. The Hall–Kier alpha value is -2.47. The average Bonchev–Trinajstić information content (AvgIpc) is 2.68. The Balaban J connectivity index is 1.46. The highest BCUT2D eigenvalue weighted by molar-refractivity contribution is 8.00. The predicted molar refractivity (Wildman–Crippen MR) is 117 cm³/mol. The zero-order valence-corrected chi connectivity index (χ0v) is 17.2. The molecule has 6 heteroatoms. The first kappa shape index (κ1) is 20.3. The number of piperidine rings is 1. The lowest BCUT2D eigenvalue weighted by molar-refractivity contribution is -0.114. The summed E-state index contributed by atoms with van der Waals surface area (Å²) >= 11 is 1.47. The molecule has 148 valence electrons. The van der Waals surface area contributed by atoms with Gasteiger partial charge in [-0.15, -0.1) is 11.8 Å². The van der Waals surface area contributed by atoms with Gasteiger partial charge in [-0.3, -0.25) is 9.59 Å². The molecule has 0 atom stereocenters. The predicted octanol–water partition coefficient (Wildman–Crippen LogP) is 4.61. The molecule has 0 bridgehead atoms. The molecule has 1 aliphatic rings. The minimum absolute atomic E-state index is 0.0320. The standard InChI is InChI=1S/C22H27N3O2S/c1-16-11-13-25(14-12-16)20-7-3-19(4-8-20)24-22(27)15-28-21-9-5-18(6-10-21)23-17(2)26/h3-10,16H,11-15H2,1-2H3,(H,23,26)(H,24,27). The van der Waals surface area contributed by atoms with Crippen LogP contribution in [0.3, 0.4) is 0 Å². The molecule has 5 nitrogen and oxygen atoms in total. The number of amides is 2. The molecule has 2 amide bonds. The Labute approximate surface area is 170 Å². The highest BCUT2D eigenvalue weighted by Crippen LogP contribution is 2.25. The fraction of sp³-hybridized carbons (Fsp3) is 0.364. The SMILES string of the molecule is CC(=O)Nc1ccc(SCC(=O)Nc2ccc(N3CCC(C)CC3)cc2)cc1. The number of carbonyl (C=O) groups excluding carboxylic acids is 2. The van der Waals surface area contributed by atoms with E-state index in [1.165, 1.54) is 37.2 Å². The number of thioether (sulfide) groups is 1. The van der Waals surface area contributed by atoms with E-state index in [0.717, 1.165) is 35.3 Å². The second-order valence-corrected chi connectivity index (χ2v) is 8.31. The number of rotatable bonds is 6. The van der Waals surface area contributed by atoms with Crippen molar-refractivity contribution in [3.05, 3.63) is 48.5 Å². The van der Waals surface area contributed by atoms with Gasteiger partial charge in [0.1, 0.15) is 0 Å². The second kappa shape index (κ2) is 9.64. The normalized spacial score (nSPS) is 14.6. The summed E-state index contributed by atoms with van der Waals surface area (Å²) in [6, 6.07) is 15.6. The topological polar surface area (TPSA) is 61.4 Å². The van der Waals surface area contributed by atoms with Gasteiger partial charge >= 0.3 is 0 Å². The number of hydrogen-bond acceptors (Lipinski definition) is 4. The molecule has 1 fully saturated rings. The molecular formula is C22H27N3O2S. The van der Waals surface area contributed by atoms with Crippen molar-refractivity contribution in [2.24, 2.45) is 5.92 Å². The average molecular weight is 398 g/mol.